The van der Waals surface area contributed by atoms with E-state index in [0.29, 0.717) is 11.7 Å². The summed E-state index contributed by atoms with van der Waals surface area (Å²) in [5, 5.41) is 13.7. The first-order chi connectivity index (χ1) is 9.35. The van der Waals surface area contributed by atoms with Gasteiger partial charge in [-0.15, -0.1) is 10.2 Å². The highest BCUT2D eigenvalue weighted by molar-refractivity contribution is 7.15. The molecule has 0 saturated carbocycles. The van der Waals surface area contributed by atoms with Gasteiger partial charge in [0, 0.05) is 11.8 Å². The highest BCUT2D eigenvalue weighted by Crippen LogP contribution is 2.19. The zero-order valence-electron chi connectivity index (χ0n) is 10.0. The molecular weight excluding hydrogens is 260 g/mol. The van der Waals surface area contributed by atoms with Gasteiger partial charge in [-0.2, -0.15) is 5.10 Å². The van der Waals surface area contributed by atoms with Gasteiger partial charge >= 0.3 is 0 Å². The highest BCUT2D eigenvalue weighted by atomic mass is 32.1. The molecule has 0 saturated heterocycles. The van der Waals surface area contributed by atoms with Crippen LogP contribution in [-0.4, -0.2) is 20.0 Å². The van der Waals surface area contributed by atoms with Crippen molar-refractivity contribution >= 4 is 16.5 Å². The Labute approximate surface area is 113 Å². The average Bonchev–Trinajstić information content (AvgIpc) is 3.09. The zero-order valence-corrected chi connectivity index (χ0v) is 10.8. The lowest BCUT2D eigenvalue weighted by molar-refractivity contribution is 0.677. The van der Waals surface area contributed by atoms with Crippen molar-refractivity contribution in [2.24, 2.45) is 5.84 Å². The molecule has 3 aromatic rings. The van der Waals surface area contributed by atoms with Crippen LogP contribution in [0.15, 0.2) is 42.7 Å². The predicted molar refractivity (Wildman–Crippen MR) is 74.5 cm³/mol. The Morgan fingerprint density at radius 1 is 1.16 bits per heavy atom. The number of aromatic nitrogens is 4. The minimum absolute atomic E-state index is 0.589. The SMILES string of the molecule is NNc1nnc(Cn2cc(-c3ccccc3)cn2)s1. The summed E-state index contributed by atoms with van der Waals surface area (Å²) in [6, 6.07) is 10.1. The number of hydrazine groups is 1. The second kappa shape index (κ2) is 5.17. The molecule has 0 bridgehead atoms. The molecule has 0 aliphatic heterocycles. The van der Waals surface area contributed by atoms with Crippen LogP contribution in [0.25, 0.3) is 11.1 Å². The number of nitrogen functional groups attached to an aromatic ring is 1. The zero-order chi connectivity index (χ0) is 13.1. The van der Waals surface area contributed by atoms with Crippen molar-refractivity contribution in [2.75, 3.05) is 5.43 Å². The van der Waals surface area contributed by atoms with Crippen molar-refractivity contribution in [2.45, 2.75) is 6.54 Å². The summed E-state index contributed by atoms with van der Waals surface area (Å²) in [7, 11) is 0. The number of nitrogens with two attached hydrogens (primary N) is 1. The Bertz CT molecular complexity index is 660. The summed E-state index contributed by atoms with van der Waals surface area (Å²) >= 11 is 1.41. The number of anilines is 1. The van der Waals surface area contributed by atoms with E-state index in [1.807, 2.05) is 35.3 Å². The van der Waals surface area contributed by atoms with Crippen molar-refractivity contribution in [3.05, 3.63) is 47.7 Å². The van der Waals surface area contributed by atoms with E-state index in [1.165, 1.54) is 11.3 Å². The molecule has 7 heteroatoms. The molecule has 3 rings (SSSR count). The maximum atomic E-state index is 5.27. The number of nitrogens with zero attached hydrogens (tertiary/aromatic N) is 4. The van der Waals surface area contributed by atoms with E-state index < -0.39 is 0 Å². The predicted octanol–water partition coefficient (Wildman–Crippen LogP) is 1.74. The van der Waals surface area contributed by atoms with Gasteiger partial charge in [-0.05, 0) is 5.56 Å². The minimum atomic E-state index is 0.589. The fourth-order valence-electron chi connectivity index (χ4n) is 1.74. The lowest BCUT2D eigenvalue weighted by Crippen LogP contribution is -2.05. The van der Waals surface area contributed by atoms with Gasteiger partial charge in [-0.1, -0.05) is 41.7 Å². The first kappa shape index (κ1) is 11.8. The number of nitrogens with one attached hydrogen (secondary N) is 1. The fourth-order valence-corrected chi connectivity index (χ4v) is 2.39. The minimum Gasteiger partial charge on any atom is -0.298 e. The molecule has 1 aromatic carbocycles. The lowest BCUT2D eigenvalue weighted by atomic mass is 10.1. The first-order valence-electron chi connectivity index (χ1n) is 5.72. The summed E-state index contributed by atoms with van der Waals surface area (Å²) in [4.78, 5) is 0. The molecule has 3 N–H and O–H groups in total. The molecular formula is C12H12N6S. The third kappa shape index (κ3) is 2.61. The second-order valence-electron chi connectivity index (χ2n) is 3.94. The lowest BCUT2D eigenvalue weighted by Gasteiger charge is -1.96. The van der Waals surface area contributed by atoms with Gasteiger partial charge in [0.1, 0.15) is 5.01 Å². The van der Waals surface area contributed by atoms with Gasteiger partial charge in [0.2, 0.25) is 5.13 Å². The maximum Gasteiger partial charge on any atom is 0.219 e. The second-order valence-corrected chi connectivity index (χ2v) is 5.00. The molecule has 2 heterocycles. The summed E-state index contributed by atoms with van der Waals surface area (Å²) in [6.07, 6.45) is 3.84. The van der Waals surface area contributed by atoms with Crippen LogP contribution in [0.2, 0.25) is 0 Å². The van der Waals surface area contributed by atoms with Crippen LogP contribution in [0.1, 0.15) is 5.01 Å². The molecule has 6 nitrogen and oxygen atoms in total. The summed E-state index contributed by atoms with van der Waals surface area (Å²) < 4.78 is 1.84. The van der Waals surface area contributed by atoms with Gasteiger partial charge in [-0.3, -0.25) is 10.1 Å². The van der Waals surface area contributed by atoms with Crippen molar-refractivity contribution in [3.8, 4) is 11.1 Å². The molecule has 2 aromatic heterocycles. The van der Waals surface area contributed by atoms with Crippen molar-refractivity contribution in [1.82, 2.24) is 20.0 Å². The van der Waals surface area contributed by atoms with Crippen LogP contribution in [0.5, 0.6) is 0 Å². The summed E-state index contributed by atoms with van der Waals surface area (Å²) in [5.74, 6) is 5.27. The third-order valence-electron chi connectivity index (χ3n) is 2.63. The van der Waals surface area contributed by atoms with Gasteiger partial charge in [0.25, 0.3) is 0 Å². The van der Waals surface area contributed by atoms with Crippen molar-refractivity contribution < 1.29 is 0 Å². The average molecular weight is 272 g/mol. The van der Waals surface area contributed by atoms with Crippen molar-refractivity contribution in [1.29, 1.82) is 0 Å². The van der Waals surface area contributed by atoms with E-state index in [4.69, 9.17) is 5.84 Å². The Hall–Kier alpha value is -2.25. The Morgan fingerprint density at radius 2 is 2.00 bits per heavy atom. The molecule has 0 fully saturated rings. The van der Waals surface area contributed by atoms with Gasteiger partial charge < -0.3 is 0 Å². The van der Waals surface area contributed by atoms with Crippen molar-refractivity contribution in [3.63, 3.8) is 0 Å². The highest BCUT2D eigenvalue weighted by Gasteiger charge is 2.06. The molecule has 0 aliphatic rings. The van der Waals surface area contributed by atoms with E-state index in [9.17, 15) is 0 Å². The van der Waals surface area contributed by atoms with Crippen LogP contribution in [0.3, 0.4) is 0 Å². The molecule has 0 atom stereocenters. The van der Waals surface area contributed by atoms with E-state index in [1.54, 1.807) is 0 Å². The van der Waals surface area contributed by atoms with Gasteiger partial charge in [0.15, 0.2) is 0 Å². The van der Waals surface area contributed by atoms with E-state index in [0.717, 1.165) is 16.1 Å². The Balaban J connectivity index is 1.78. The van der Waals surface area contributed by atoms with Crippen LogP contribution in [0.4, 0.5) is 5.13 Å². The summed E-state index contributed by atoms with van der Waals surface area (Å²) in [5.41, 5.74) is 4.71. The van der Waals surface area contributed by atoms with Crippen LogP contribution in [-0.2, 0) is 6.54 Å². The molecule has 0 aliphatic carbocycles. The number of hydrogen-bond acceptors (Lipinski definition) is 6. The Morgan fingerprint density at radius 3 is 2.74 bits per heavy atom. The molecule has 0 amide bonds. The molecule has 96 valence electrons. The van der Waals surface area contributed by atoms with E-state index in [2.05, 4.69) is 32.9 Å². The monoisotopic (exact) mass is 272 g/mol. The largest absolute Gasteiger partial charge is 0.298 e. The first-order valence-corrected chi connectivity index (χ1v) is 6.53. The summed E-state index contributed by atoms with van der Waals surface area (Å²) in [6.45, 7) is 0.589. The van der Waals surface area contributed by atoms with Gasteiger partial charge in [0.05, 0.1) is 12.7 Å². The van der Waals surface area contributed by atoms with E-state index >= 15 is 0 Å². The van der Waals surface area contributed by atoms with Crippen LogP contribution >= 0.6 is 11.3 Å². The van der Waals surface area contributed by atoms with Gasteiger partial charge in [-0.25, -0.2) is 5.84 Å². The van der Waals surface area contributed by atoms with E-state index in [-0.39, 0.29) is 0 Å². The third-order valence-corrected chi connectivity index (χ3v) is 3.47. The standard InChI is InChI=1S/C12H12N6S/c13-15-12-17-16-11(19-12)8-18-7-10(6-14-18)9-4-2-1-3-5-9/h1-7H,8,13H2,(H,15,17). The quantitative estimate of drug-likeness (QED) is 0.558. The molecule has 0 spiro atoms. The fraction of sp³-hybridized carbons (Fsp3) is 0.0833. The molecule has 0 radical (unpaired) electrons. The normalized spacial score (nSPS) is 10.6. The number of rotatable bonds is 4. The molecule has 0 unspecified atom stereocenters. The van der Waals surface area contributed by atoms with Crippen LogP contribution in [0, 0.1) is 0 Å². The molecule has 19 heavy (non-hydrogen) atoms. The topological polar surface area (TPSA) is 81.6 Å². The number of benzene rings is 1. The Kier molecular flexibility index (Phi) is 3.21. The maximum absolute atomic E-state index is 5.27. The number of hydrogen-bond donors (Lipinski definition) is 2. The smallest absolute Gasteiger partial charge is 0.219 e. The van der Waals surface area contributed by atoms with Crippen LogP contribution < -0.4 is 11.3 Å².